The van der Waals surface area contributed by atoms with E-state index in [0.29, 0.717) is 11.7 Å². The van der Waals surface area contributed by atoms with Gasteiger partial charge in [-0.1, -0.05) is 0 Å². The molecule has 0 saturated heterocycles. The molecular weight excluding hydrogens is 206 g/mol. The van der Waals surface area contributed by atoms with Gasteiger partial charge in [0.2, 0.25) is 0 Å². The molecule has 0 atom stereocenters. The maximum Gasteiger partial charge on any atom is 0.323 e. The van der Waals surface area contributed by atoms with Crippen LogP contribution in [0.4, 0.5) is 5.82 Å². The zero-order chi connectivity index (χ0) is 11.5. The number of rotatable bonds is 5. The SMILES string of the molecule is Cc1nccnc1N(CC(=O)O)CC1CC1. The molecule has 0 spiro atoms. The lowest BCUT2D eigenvalue weighted by molar-refractivity contribution is -0.135. The van der Waals surface area contributed by atoms with E-state index < -0.39 is 5.97 Å². The monoisotopic (exact) mass is 221 g/mol. The summed E-state index contributed by atoms with van der Waals surface area (Å²) in [5.41, 5.74) is 0.782. The zero-order valence-corrected chi connectivity index (χ0v) is 9.26. The lowest BCUT2D eigenvalue weighted by atomic mass is 10.3. The Morgan fingerprint density at radius 1 is 1.50 bits per heavy atom. The van der Waals surface area contributed by atoms with Crippen LogP contribution in [0.25, 0.3) is 0 Å². The van der Waals surface area contributed by atoms with E-state index in [-0.39, 0.29) is 6.54 Å². The van der Waals surface area contributed by atoms with Crippen molar-refractivity contribution in [3.63, 3.8) is 0 Å². The number of nitrogens with zero attached hydrogens (tertiary/aromatic N) is 3. The molecule has 5 heteroatoms. The summed E-state index contributed by atoms with van der Waals surface area (Å²) in [5, 5.41) is 8.88. The Hall–Kier alpha value is -1.65. The van der Waals surface area contributed by atoms with E-state index >= 15 is 0 Å². The minimum atomic E-state index is -0.828. The number of aliphatic carboxylic acids is 1. The van der Waals surface area contributed by atoms with Crippen LogP contribution in [0.2, 0.25) is 0 Å². The van der Waals surface area contributed by atoms with E-state index in [0.717, 1.165) is 12.2 Å². The molecule has 1 aromatic rings. The summed E-state index contributed by atoms with van der Waals surface area (Å²) >= 11 is 0. The summed E-state index contributed by atoms with van der Waals surface area (Å²) < 4.78 is 0. The Morgan fingerprint density at radius 3 is 2.75 bits per heavy atom. The maximum atomic E-state index is 10.8. The van der Waals surface area contributed by atoms with Gasteiger partial charge in [0, 0.05) is 18.9 Å². The second kappa shape index (κ2) is 4.47. The average molecular weight is 221 g/mol. The maximum absolute atomic E-state index is 10.8. The van der Waals surface area contributed by atoms with Crippen LogP contribution < -0.4 is 4.90 Å². The normalized spacial score (nSPS) is 14.8. The predicted octanol–water partition coefficient (Wildman–Crippen LogP) is 1.09. The molecule has 5 nitrogen and oxygen atoms in total. The topological polar surface area (TPSA) is 66.3 Å². The third-order valence-corrected chi connectivity index (χ3v) is 2.66. The molecule has 86 valence electrons. The van der Waals surface area contributed by atoms with Gasteiger partial charge in [-0.3, -0.25) is 9.78 Å². The molecule has 0 amide bonds. The van der Waals surface area contributed by atoms with Crippen molar-refractivity contribution >= 4 is 11.8 Å². The lowest BCUT2D eigenvalue weighted by Crippen LogP contribution is -2.33. The molecule has 0 radical (unpaired) electrons. The highest BCUT2D eigenvalue weighted by molar-refractivity contribution is 5.73. The molecule has 1 N–H and O–H groups in total. The summed E-state index contributed by atoms with van der Waals surface area (Å²) in [5.74, 6) is 0.489. The Morgan fingerprint density at radius 2 is 2.19 bits per heavy atom. The molecule has 1 saturated carbocycles. The first-order chi connectivity index (χ1) is 7.66. The van der Waals surface area contributed by atoms with Crippen LogP contribution in [0.1, 0.15) is 18.5 Å². The van der Waals surface area contributed by atoms with Crippen molar-refractivity contribution in [3.05, 3.63) is 18.1 Å². The fourth-order valence-electron chi connectivity index (χ4n) is 1.71. The molecule has 16 heavy (non-hydrogen) atoms. The van der Waals surface area contributed by atoms with Gasteiger partial charge in [-0.2, -0.15) is 0 Å². The molecule has 0 aliphatic heterocycles. The minimum absolute atomic E-state index is 0.00394. The number of carboxylic acids is 1. The second-order valence-corrected chi connectivity index (χ2v) is 4.18. The molecule has 0 bridgehead atoms. The quantitative estimate of drug-likeness (QED) is 0.806. The highest BCUT2D eigenvalue weighted by Crippen LogP contribution is 2.31. The van der Waals surface area contributed by atoms with Crippen molar-refractivity contribution < 1.29 is 9.90 Å². The Balaban J connectivity index is 2.15. The highest BCUT2D eigenvalue weighted by atomic mass is 16.4. The number of aryl methyl sites for hydroxylation is 1. The first-order valence-corrected chi connectivity index (χ1v) is 5.41. The van der Waals surface area contributed by atoms with E-state index in [1.165, 1.54) is 12.8 Å². The number of hydrogen-bond acceptors (Lipinski definition) is 4. The largest absolute Gasteiger partial charge is 0.480 e. The fourth-order valence-corrected chi connectivity index (χ4v) is 1.71. The van der Waals surface area contributed by atoms with Crippen LogP contribution in [0.15, 0.2) is 12.4 Å². The Bertz CT molecular complexity index is 391. The first kappa shape index (κ1) is 10.9. The Labute approximate surface area is 94.1 Å². The van der Waals surface area contributed by atoms with Gasteiger partial charge in [-0.15, -0.1) is 0 Å². The number of aromatic nitrogens is 2. The van der Waals surface area contributed by atoms with Crippen molar-refractivity contribution in [2.75, 3.05) is 18.0 Å². The van der Waals surface area contributed by atoms with Gasteiger partial charge in [0.25, 0.3) is 0 Å². The summed E-state index contributed by atoms with van der Waals surface area (Å²) in [4.78, 5) is 21.0. The molecule has 1 aromatic heterocycles. The van der Waals surface area contributed by atoms with Crippen molar-refractivity contribution in [1.82, 2.24) is 9.97 Å². The van der Waals surface area contributed by atoms with E-state index in [1.807, 2.05) is 11.8 Å². The van der Waals surface area contributed by atoms with Crippen LogP contribution in [0.3, 0.4) is 0 Å². The summed E-state index contributed by atoms with van der Waals surface area (Å²) in [6.07, 6.45) is 5.60. The standard InChI is InChI=1S/C11H15N3O2/c1-8-11(13-5-4-12-8)14(7-10(15)16)6-9-2-3-9/h4-5,9H,2-3,6-7H2,1H3,(H,15,16). The third-order valence-electron chi connectivity index (χ3n) is 2.66. The van der Waals surface area contributed by atoms with Crippen LogP contribution in [-0.4, -0.2) is 34.1 Å². The van der Waals surface area contributed by atoms with Gasteiger partial charge in [-0.25, -0.2) is 4.98 Å². The molecular formula is C11H15N3O2. The molecule has 0 unspecified atom stereocenters. The minimum Gasteiger partial charge on any atom is -0.480 e. The van der Waals surface area contributed by atoms with E-state index in [2.05, 4.69) is 9.97 Å². The molecule has 0 aromatic carbocycles. The molecule has 2 rings (SSSR count). The second-order valence-electron chi connectivity index (χ2n) is 4.18. The van der Waals surface area contributed by atoms with E-state index in [9.17, 15) is 4.79 Å². The summed E-state index contributed by atoms with van der Waals surface area (Å²) in [6.45, 7) is 2.62. The summed E-state index contributed by atoms with van der Waals surface area (Å²) in [7, 11) is 0. The van der Waals surface area contributed by atoms with E-state index in [1.54, 1.807) is 12.4 Å². The summed E-state index contributed by atoms with van der Waals surface area (Å²) in [6, 6.07) is 0. The molecule has 1 aliphatic carbocycles. The number of carbonyl (C=O) groups is 1. The number of carboxylic acid groups (broad SMARTS) is 1. The van der Waals surface area contributed by atoms with Crippen LogP contribution in [0, 0.1) is 12.8 Å². The van der Waals surface area contributed by atoms with Crippen LogP contribution >= 0.6 is 0 Å². The van der Waals surface area contributed by atoms with Gasteiger partial charge in [0.15, 0.2) is 5.82 Å². The third kappa shape index (κ3) is 2.68. The predicted molar refractivity (Wildman–Crippen MR) is 59.3 cm³/mol. The van der Waals surface area contributed by atoms with Gasteiger partial charge >= 0.3 is 5.97 Å². The smallest absolute Gasteiger partial charge is 0.323 e. The van der Waals surface area contributed by atoms with Crippen molar-refractivity contribution in [3.8, 4) is 0 Å². The van der Waals surface area contributed by atoms with Crippen molar-refractivity contribution in [1.29, 1.82) is 0 Å². The zero-order valence-electron chi connectivity index (χ0n) is 9.26. The molecule has 1 fully saturated rings. The van der Waals surface area contributed by atoms with Gasteiger partial charge in [-0.05, 0) is 25.7 Å². The average Bonchev–Trinajstić information content (AvgIpc) is 3.01. The molecule has 1 heterocycles. The van der Waals surface area contributed by atoms with Gasteiger partial charge in [0.1, 0.15) is 6.54 Å². The van der Waals surface area contributed by atoms with Gasteiger partial charge in [0.05, 0.1) is 5.69 Å². The van der Waals surface area contributed by atoms with E-state index in [4.69, 9.17) is 5.11 Å². The fraction of sp³-hybridized carbons (Fsp3) is 0.545. The number of hydrogen-bond donors (Lipinski definition) is 1. The number of anilines is 1. The first-order valence-electron chi connectivity index (χ1n) is 5.41. The van der Waals surface area contributed by atoms with Gasteiger partial charge < -0.3 is 10.0 Å². The van der Waals surface area contributed by atoms with Crippen LogP contribution in [0.5, 0.6) is 0 Å². The lowest BCUT2D eigenvalue weighted by Gasteiger charge is -2.22. The van der Waals surface area contributed by atoms with Crippen molar-refractivity contribution in [2.24, 2.45) is 5.92 Å². The molecule has 1 aliphatic rings. The van der Waals surface area contributed by atoms with Crippen LogP contribution in [-0.2, 0) is 4.79 Å². The van der Waals surface area contributed by atoms with Crippen molar-refractivity contribution in [2.45, 2.75) is 19.8 Å². The Kier molecular flexibility index (Phi) is 3.03. The highest BCUT2D eigenvalue weighted by Gasteiger charge is 2.26.